The molecule has 0 aliphatic heterocycles. The number of aromatic amines is 1. The predicted octanol–water partition coefficient (Wildman–Crippen LogP) is 4.08. The van der Waals surface area contributed by atoms with E-state index in [2.05, 4.69) is 57.8 Å². The minimum Gasteiger partial charge on any atom is -0.358 e. The van der Waals surface area contributed by atoms with Gasteiger partial charge in [0, 0.05) is 22.0 Å². The largest absolute Gasteiger partial charge is 0.358 e. The van der Waals surface area contributed by atoms with E-state index in [1.54, 1.807) is 0 Å². The quantitative estimate of drug-likeness (QED) is 0.661. The molecule has 1 heterocycles. The predicted molar refractivity (Wildman–Crippen MR) is 66.5 cm³/mol. The van der Waals surface area contributed by atoms with Crippen molar-refractivity contribution in [2.75, 3.05) is 0 Å². The molecule has 1 nitrogen and oxygen atoms in total. The standard InChI is InChI=1S/C14H19N/c1-9-6-7-12-11(8-9)10(2)13(15-12)14(3,4)5/h6-8,15H,1-5H3. The summed E-state index contributed by atoms with van der Waals surface area (Å²) >= 11 is 0. The van der Waals surface area contributed by atoms with E-state index >= 15 is 0 Å². The summed E-state index contributed by atoms with van der Waals surface area (Å²) in [6.07, 6.45) is 0. The maximum atomic E-state index is 3.53. The van der Waals surface area contributed by atoms with Crippen LogP contribution in [0.15, 0.2) is 18.2 Å². The molecule has 0 bridgehead atoms. The summed E-state index contributed by atoms with van der Waals surface area (Å²) in [4.78, 5) is 3.53. The van der Waals surface area contributed by atoms with Crippen molar-refractivity contribution in [3.63, 3.8) is 0 Å². The smallest absolute Gasteiger partial charge is 0.0459 e. The molecular formula is C14H19N. The molecule has 1 aromatic heterocycles. The molecule has 2 rings (SSSR count). The van der Waals surface area contributed by atoms with Gasteiger partial charge in [-0.1, -0.05) is 32.4 Å². The Morgan fingerprint density at radius 3 is 2.33 bits per heavy atom. The summed E-state index contributed by atoms with van der Waals surface area (Å²) in [6, 6.07) is 6.59. The van der Waals surface area contributed by atoms with Crippen molar-refractivity contribution in [3.05, 3.63) is 35.0 Å². The fourth-order valence-corrected chi connectivity index (χ4v) is 2.19. The first kappa shape index (κ1) is 10.3. The molecule has 0 saturated heterocycles. The second-order valence-electron chi connectivity index (χ2n) is 5.42. The summed E-state index contributed by atoms with van der Waals surface area (Å²) in [5.41, 5.74) is 5.51. The van der Waals surface area contributed by atoms with Crippen LogP contribution in [0.1, 0.15) is 37.6 Å². The van der Waals surface area contributed by atoms with Crippen LogP contribution < -0.4 is 0 Å². The van der Waals surface area contributed by atoms with Crippen molar-refractivity contribution in [3.8, 4) is 0 Å². The summed E-state index contributed by atoms with van der Waals surface area (Å²) < 4.78 is 0. The fraction of sp³-hybridized carbons (Fsp3) is 0.429. The van der Waals surface area contributed by atoms with Crippen LogP contribution in [-0.4, -0.2) is 4.98 Å². The maximum absolute atomic E-state index is 3.53. The van der Waals surface area contributed by atoms with E-state index in [0.717, 1.165) is 0 Å². The summed E-state index contributed by atoms with van der Waals surface area (Å²) in [7, 11) is 0. The highest BCUT2D eigenvalue weighted by Gasteiger charge is 2.19. The maximum Gasteiger partial charge on any atom is 0.0459 e. The first-order valence-electron chi connectivity index (χ1n) is 5.49. The average Bonchev–Trinajstić information content (AvgIpc) is 2.43. The minimum atomic E-state index is 0.191. The zero-order valence-corrected chi connectivity index (χ0v) is 10.2. The highest BCUT2D eigenvalue weighted by Crippen LogP contribution is 2.30. The Labute approximate surface area is 91.5 Å². The molecular weight excluding hydrogens is 182 g/mol. The number of H-pyrrole nitrogens is 1. The van der Waals surface area contributed by atoms with Gasteiger partial charge in [-0.05, 0) is 31.5 Å². The zero-order chi connectivity index (χ0) is 11.2. The molecule has 0 amide bonds. The number of aryl methyl sites for hydroxylation is 2. The first-order chi connectivity index (χ1) is 6.89. The Kier molecular flexibility index (Phi) is 2.14. The molecule has 0 radical (unpaired) electrons. The number of hydrogen-bond acceptors (Lipinski definition) is 0. The van der Waals surface area contributed by atoms with Crippen LogP contribution in [0.5, 0.6) is 0 Å². The topological polar surface area (TPSA) is 15.8 Å². The first-order valence-corrected chi connectivity index (χ1v) is 5.49. The Bertz CT molecular complexity index is 498. The van der Waals surface area contributed by atoms with E-state index in [1.165, 1.54) is 27.7 Å². The number of nitrogens with one attached hydrogen (secondary N) is 1. The molecule has 1 aromatic carbocycles. The van der Waals surface area contributed by atoms with E-state index in [0.29, 0.717) is 0 Å². The lowest BCUT2D eigenvalue weighted by Gasteiger charge is -2.17. The van der Waals surface area contributed by atoms with Crippen molar-refractivity contribution >= 4 is 10.9 Å². The molecule has 15 heavy (non-hydrogen) atoms. The van der Waals surface area contributed by atoms with E-state index in [1.807, 2.05) is 0 Å². The third-order valence-electron chi connectivity index (χ3n) is 2.96. The van der Waals surface area contributed by atoms with Gasteiger partial charge in [0.15, 0.2) is 0 Å². The Balaban J connectivity index is 2.76. The highest BCUT2D eigenvalue weighted by molar-refractivity contribution is 5.85. The lowest BCUT2D eigenvalue weighted by atomic mass is 9.89. The van der Waals surface area contributed by atoms with Gasteiger partial charge in [-0.25, -0.2) is 0 Å². The molecule has 0 aliphatic carbocycles. The molecule has 0 aliphatic rings. The van der Waals surface area contributed by atoms with Crippen LogP contribution in [0.2, 0.25) is 0 Å². The van der Waals surface area contributed by atoms with E-state index in [4.69, 9.17) is 0 Å². The fourth-order valence-electron chi connectivity index (χ4n) is 2.19. The molecule has 0 unspecified atom stereocenters. The van der Waals surface area contributed by atoms with Crippen LogP contribution >= 0.6 is 0 Å². The van der Waals surface area contributed by atoms with Gasteiger partial charge in [-0.15, -0.1) is 0 Å². The molecule has 1 N–H and O–H groups in total. The number of benzene rings is 1. The van der Waals surface area contributed by atoms with E-state index in [-0.39, 0.29) is 5.41 Å². The van der Waals surface area contributed by atoms with Gasteiger partial charge in [-0.2, -0.15) is 0 Å². The van der Waals surface area contributed by atoms with Crippen LogP contribution in [0, 0.1) is 13.8 Å². The number of fused-ring (bicyclic) bond motifs is 1. The second-order valence-corrected chi connectivity index (χ2v) is 5.42. The van der Waals surface area contributed by atoms with Crippen LogP contribution in [0.25, 0.3) is 10.9 Å². The lowest BCUT2D eigenvalue weighted by molar-refractivity contribution is 0.570. The van der Waals surface area contributed by atoms with Crippen LogP contribution in [-0.2, 0) is 5.41 Å². The van der Waals surface area contributed by atoms with Crippen molar-refractivity contribution in [2.24, 2.45) is 0 Å². The molecule has 0 spiro atoms. The second kappa shape index (κ2) is 3.13. The van der Waals surface area contributed by atoms with Gasteiger partial charge in [-0.3, -0.25) is 0 Å². The van der Waals surface area contributed by atoms with Crippen molar-refractivity contribution in [2.45, 2.75) is 40.0 Å². The molecule has 2 aromatic rings. The van der Waals surface area contributed by atoms with Gasteiger partial charge < -0.3 is 4.98 Å². The van der Waals surface area contributed by atoms with Gasteiger partial charge >= 0.3 is 0 Å². The van der Waals surface area contributed by atoms with Crippen molar-refractivity contribution in [1.29, 1.82) is 0 Å². The summed E-state index contributed by atoms with van der Waals surface area (Å²) in [5, 5.41) is 1.36. The molecule has 0 fully saturated rings. The average molecular weight is 201 g/mol. The minimum absolute atomic E-state index is 0.191. The Morgan fingerprint density at radius 2 is 1.73 bits per heavy atom. The van der Waals surface area contributed by atoms with E-state index in [9.17, 15) is 0 Å². The third kappa shape index (κ3) is 1.67. The molecule has 0 atom stereocenters. The summed E-state index contributed by atoms with van der Waals surface area (Å²) in [5.74, 6) is 0. The van der Waals surface area contributed by atoms with Crippen molar-refractivity contribution in [1.82, 2.24) is 4.98 Å². The molecule has 80 valence electrons. The number of aromatic nitrogens is 1. The zero-order valence-electron chi connectivity index (χ0n) is 10.2. The third-order valence-corrected chi connectivity index (χ3v) is 2.96. The molecule has 1 heteroatoms. The van der Waals surface area contributed by atoms with Crippen LogP contribution in [0.4, 0.5) is 0 Å². The van der Waals surface area contributed by atoms with Crippen LogP contribution in [0.3, 0.4) is 0 Å². The monoisotopic (exact) mass is 201 g/mol. The number of rotatable bonds is 0. The Hall–Kier alpha value is -1.24. The number of hydrogen-bond donors (Lipinski definition) is 1. The Morgan fingerprint density at radius 1 is 1.07 bits per heavy atom. The lowest BCUT2D eigenvalue weighted by Crippen LogP contribution is -2.12. The highest BCUT2D eigenvalue weighted by atomic mass is 14.7. The van der Waals surface area contributed by atoms with Gasteiger partial charge in [0.1, 0.15) is 0 Å². The van der Waals surface area contributed by atoms with Gasteiger partial charge in [0.05, 0.1) is 0 Å². The van der Waals surface area contributed by atoms with Crippen molar-refractivity contribution < 1.29 is 0 Å². The van der Waals surface area contributed by atoms with Gasteiger partial charge in [0.2, 0.25) is 0 Å². The summed E-state index contributed by atoms with van der Waals surface area (Å²) in [6.45, 7) is 11.1. The molecule has 0 saturated carbocycles. The normalized spacial score (nSPS) is 12.3. The van der Waals surface area contributed by atoms with Gasteiger partial charge in [0.25, 0.3) is 0 Å². The van der Waals surface area contributed by atoms with E-state index < -0.39 is 0 Å². The SMILES string of the molecule is Cc1ccc2[nH]c(C(C)(C)C)c(C)c2c1.